The Morgan fingerprint density at radius 2 is 1.71 bits per heavy atom. The molecule has 0 rings (SSSR count). The maximum absolute atomic E-state index is 12.0. The van der Waals surface area contributed by atoms with E-state index in [2.05, 4.69) is 10.6 Å². The molecule has 0 aromatic rings. The van der Waals surface area contributed by atoms with Crippen molar-refractivity contribution in [3.63, 3.8) is 0 Å². The van der Waals surface area contributed by atoms with Crippen LogP contribution in [0.4, 0.5) is 4.79 Å². The minimum atomic E-state index is -1.34. The Labute approximate surface area is 121 Å². The van der Waals surface area contributed by atoms with Crippen LogP contribution in [0.1, 0.15) is 33.1 Å². The predicted molar refractivity (Wildman–Crippen MR) is 72.4 cm³/mol. The Kier molecular flexibility index (Phi) is 7.80. The highest BCUT2D eigenvalue weighted by atomic mass is 16.4. The topological polar surface area (TPSA) is 159 Å². The first-order valence-corrected chi connectivity index (χ1v) is 6.49. The lowest BCUT2D eigenvalue weighted by atomic mass is 9.98. The van der Waals surface area contributed by atoms with E-state index in [1.54, 1.807) is 13.8 Å². The van der Waals surface area contributed by atoms with E-state index in [4.69, 9.17) is 15.9 Å². The van der Waals surface area contributed by atoms with Gasteiger partial charge in [0.1, 0.15) is 12.1 Å². The molecule has 0 radical (unpaired) electrons. The van der Waals surface area contributed by atoms with Gasteiger partial charge in [0.2, 0.25) is 5.91 Å². The van der Waals surface area contributed by atoms with Gasteiger partial charge in [-0.05, 0) is 12.3 Å². The number of aliphatic carboxylic acids is 2. The van der Waals surface area contributed by atoms with Gasteiger partial charge in [0.05, 0.1) is 0 Å². The molecule has 0 fully saturated rings. The Hall–Kier alpha value is -2.32. The summed E-state index contributed by atoms with van der Waals surface area (Å²) in [6.45, 7) is 3.50. The number of rotatable bonds is 9. The quantitative estimate of drug-likeness (QED) is 0.386. The van der Waals surface area contributed by atoms with Gasteiger partial charge in [-0.15, -0.1) is 0 Å². The van der Waals surface area contributed by atoms with Crippen LogP contribution in [0.25, 0.3) is 0 Å². The number of hydrogen-bond donors (Lipinski definition) is 5. The minimum Gasteiger partial charge on any atom is -0.481 e. The lowest BCUT2D eigenvalue weighted by molar-refractivity contribution is -0.143. The fourth-order valence-electron chi connectivity index (χ4n) is 1.64. The van der Waals surface area contributed by atoms with Gasteiger partial charge in [-0.1, -0.05) is 20.3 Å². The molecule has 9 nitrogen and oxygen atoms in total. The average Bonchev–Trinajstić information content (AvgIpc) is 2.38. The summed E-state index contributed by atoms with van der Waals surface area (Å²) in [6.07, 6.45) is -0.0834. The third-order valence-electron chi connectivity index (χ3n) is 3.05. The monoisotopic (exact) mass is 303 g/mol. The number of nitrogens with one attached hydrogen (secondary N) is 2. The van der Waals surface area contributed by atoms with Crippen molar-refractivity contribution in [2.45, 2.75) is 45.2 Å². The molecule has 0 saturated carbocycles. The van der Waals surface area contributed by atoms with Gasteiger partial charge in [-0.2, -0.15) is 0 Å². The predicted octanol–water partition coefficient (Wildman–Crippen LogP) is -0.496. The van der Waals surface area contributed by atoms with Crippen LogP contribution in [-0.4, -0.2) is 46.2 Å². The molecule has 0 aliphatic heterocycles. The molecule has 0 bridgehead atoms. The van der Waals surface area contributed by atoms with Gasteiger partial charge < -0.3 is 26.6 Å². The molecular weight excluding hydrogens is 282 g/mol. The molecule has 0 heterocycles. The second kappa shape index (κ2) is 8.77. The summed E-state index contributed by atoms with van der Waals surface area (Å²) in [6, 6.07) is -3.21. The molecule has 0 spiro atoms. The number of carbonyl (C=O) groups excluding carboxylic acids is 2. The van der Waals surface area contributed by atoms with Crippen LogP contribution in [0.15, 0.2) is 0 Å². The zero-order valence-electron chi connectivity index (χ0n) is 12.0. The van der Waals surface area contributed by atoms with Crippen molar-refractivity contribution in [1.29, 1.82) is 0 Å². The summed E-state index contributed by atoms with van der Waals surface area (Å²) in [5, 5.41) is 22.0. The van der Waals surface area contributed by atoms with E-state index < -0.39 is 42.4 Å². The number of hydrogen-bond acceptors (Lipinski definition) is 4. The van der Waals surface area contributed by atoms with Crippen molar-refractivity contribution in [2.75, 3.05) is 0 Å². The Bertz CT molecular complexity index is 412. The molecule has 0 aromatic carbocycles. The first-order chi connectivity index (χ1) is 9.68. The van der Waals surface area contributed by atoms with Crippen LogP contribution in [0.5, 0.6) is 0 Å². The number of carbonyl (C=O) groups is 4. The first-order valence-electron chi connectivity index (χ1n) is 6.49. The van der Waals surface area contributed by atoms with Gasteiger partial charge >= 0.3 is 18.0 Å². The molecule has 3 atom stereocenters. The van der Waals surface area contributed by atoms with Gasteiger partial charge in [0.25, 0.3) is 0 Å². The van der Waals surface area contributed by atoms with Crippen molar-refractivity contribution in [3.8, 4) is 0 Å². The summed E-state index contributed by atoms with van der Waals surface area (Å²) < 4.78 is 0. The number of carboxylic acid groups (broad SMARTS) is 2. The molecule has 6 N–H and O–H groups in total. The van der Waals surface area contributed by atoms with Gasteiger partial charge in [0.15, 0.2) is 0 Å². The zero-order chi connectivity index (χ0) is 16.6. The van der Waals surface area contributed by atoms with E-state index in [9.17, 15) is 19.2 Å². The van der Waals surface area contributed by atoms with Crippen molar-refractivity contribution in [3.05, 3.63) is 0 Å². The third kappa shape index (κ3) is 7.14. The number of carboxylic acids is 2. The molecule has 3 amide bonds. The average molecular weight is 303 g/mol. The molecule has 9 heteroatoms. The van der Waals surface area contributed by atoms with Crippen molar-refractivity contribution >= 4 is 23.9 Å². The van der Waals surface area contributed by atoms with Crippen molar-refractivity contribution in [1.82, 2.24) is 10.6 Å². The Balaban J connectivity index is 4.85. The maximum Gasteiger partial charge on any atom is 0.326 e. The number of urea groups is 1. The minimum absolute atomic E-state index is 0.250. The largest absolute Gasteiger partial charge is 0.481 e. The lowest BCUT2D eigenvalue weighted by Gasteiger charge is -2.24. The summed E-state index contributed by atoms with van der Waals surface area (Å²) in [5.74, 6) is -3.47. The van der Waals surface area contributed by atoms with E-state index in [-0.39, 0.29) is 12.3 Å². The third-order valence-corrected chi connectivity index (χ3v) is 3.05. The van der Waals surface area contributed by atoms with Crippen molar-refractivity contribution in [2.24, 2.45) is 11.7 Å². The number of primary amides is 1. The van der Waals surface area contributed by atoms with Crippen LogP contribution in [0.2, 0.25) is 0 Å². The van der Waals surface area contributed by atoms with Crippen LogP contribution >= 0.6 is 0 Å². The molecule has 120 valence electrons. The highest BCUT2D eigenvalue weighted by Gasteiger charge is 2.29. The highest BCUT2D eigenvalue weighted by molar-refractivity contribution is 5.90. The molecular formula is C12H21N3O6. The SMILES string of the molecule is CCC(C)C(NC(N)=O)C(=O)NC(CCC(=O)O)C(=O)O. The van der Waals surface area contributed by atoms with E-state index in [0.717, 1.165) is 0 Å². The fraction of sp³-hybridized carbons (Fsp3) is 0.667. The molecule has 0 aliphatic rings. The van der Waals surface area contributed by atoms with Crippen LogP contribution in [0.3, 0.4) is 0 Å². The number of amides is 3. The molecule has 0 saturated heterocycles. The van der Waals surface area contributed by atoms with Crippen molar-refractivity contribution < 1.29 is 29.4 Å². The second-order valence-electron chi connectivity index (χ2n) is 4.70. The van der Waals surface area contributed by atoms with E-state index in [1.807, 2.05) is 0 Å². The van der Waals surface area contributed by atoms with E-state index >= 15 is 0 Å². The molecule has 0 aromatic heterocycles. The Morgan fingerprint density at radius 1 is 1.14 bits per heavy atom. The van der Waals surface area contributed by atoms with Gasteiger partial charge in [0, 0.05) is 6.42 Å². The normalized spacial score (nSPS) is 14.6. The highest BCUT2D eigenvalue weighted by Crippen LogP contribution is 2.09. The Morgan fingerprint density at radius 3 is 2.10 bits per heavy atom. The van der Waals surface area contributed by atoms with Gasteiger partial charge in [-0.25, -0.2) is 9.59 Å². The standard InChI is InChI=1S/C12H21N3O6/c1-3-6(2)9(15-12(13)21)10(18)14-7(11(19)20)4-5-8(16)17/h6-7,9H,3-5H2,1-2H3,(H,14,18)(H,16,17)(H,19,20)(H3,13,15,21). The second-order valence-corrected chi connectivity index (χ2v) is 4.70. The molecule has 21 heavy (non-hydrogen) atoms. The van der Waals surface area contributed by atoms with Gasteiger partial charge in [-0.3, -0.25) is 9.59 Å². The zero-order valence-corrected chi connectivity index (χ0v) is 12.0. The van der Waals surface area contributed by atoms with Crippen LogP contribution in [0, 0.1) is 5.92 Å². The number of nitrogens with two attached hydrogens (primary N) is 1. The van der Waals surface area contributed by atoms with Crippen LogP contribution in [-0.2, 0) is 14.4 Å². The lowest BCUT2D eigenvalue weighted by Crippen LogP contribution is -2.55. The fourth-order valence-corrected chi connectivity index (χ4v) is 1.64. The van der Waals surface area contributed by atoms with E-state index in [0.29, 0.717) is 6.42 Å². The maximum atomic E-state index is 12.0. The molecule has 3 unspecified atom stereocenters. The summed E-state index contributed by atoms with van der Waals surface area (Å²) >= 11 is 0. The first kappa shape index (κ1) is 18.7. The smallest absolute Gasteiger partial charge is 0.326 e. The summed E-state index contributed by atoms with van der Waals surface area (Å²) in [4.78, 5) is 44.4. The van der Waals surface area contributed by atoms with Crippen LogP contribution < -0.4 is 16.4 Å². The van der Waals surface area contributed by atoms with E-state index in [1.165, 1.54) is 0 Å². The molecule has 0 aliphatic carbocycles. The summed E-state index contributed by atoms with van der Waals surface area (Å²) in [5.41, 5.74) is 4.99. The summed E-state index contributed by atoms with van der Waals surface area (Å²) in [7, 11) is 0.